The number of nitrogens with one attached hydrogen (secondary N) is 1. The van der Waals surface area contributed by atoms with Crippen molar-refractivity contribution in [2.45, 2.75) is 39.3 Å². The predicted octanol–water partition coefficient (Wildman–Crippen LogP) is 2.00. The molecule has 2 aromatic rings. The SMILES string of the molecule is Cc1ccc(C(C)(O)CNC(=O)c2ccnn2C(C)C)o1. The third-order valence-corrected chi connectivity index (χ3v) is 3.26. The maximum absolute atomic E-state index is 12.2. The fourth-order valence-electron chi connectivity index (χ4n) is 2.06. The van der Waals surface area contributed by atoms with Gasteiger partial charge in [-0.15, -0.1) is 0 Å². The molecule has 0 saturated carbocycles. The van der Waals surface area contributed by atoms with Gasteiger partial charge in [0.25, 0.3) is 5.91 Å². The molecule has 0 fully saturated rings. The summed E-state index contributed by atoms with van der Waals surface area (Å²) >= 11 is 0. The highest BCUT2D eigenvalue weighted by Crippen LogP contribution is 2.22. The van der Waals surface area contributed by atoms with Crippen LogP contribution in [0.5, 0.6) is 0 Å². The fraction of sp³-hybridized carbons (Fsp3) is 0.467. The van der Waals surface area contributed by atoms with E-state index in [1.54, 1.807) is 42.9 Å². The van der Waals surface area contributed by atoms with E-state index < -0.39 is 5.60 Å². The molecule has 1 atom stereocenters. The summed E-state index contributed by atoms with van der Waals surface area (Å²) in [7, 11) is 0. The fourth-order valence-corrected chi connectivity index (χ4v) is 2.06. The van der Waals surface area contributed by atoms with Crippen LogP contribution in [0.2, 0.25) is 0 Å². The molecule has 2 heterocycles. The minimum absolute atomic E-state index is 0.0576. The zero-order valence-electron chi connectivity index (χ0n) is 12.8. The molecule has 2 aromatic heterocycles. The lowest BCUT2D eigenvalue weighted by Crippen LogP contribution is -2.39. The number of hydrogen-bond donors (Lipinski definition) is 2. The van der Waals surface area contributed by atoms with E-state index in [-0.39, 0.29) is 18.5 Å². The summed E-state index contributed by atoms with van der Waals surface area (Å²) in [6.45, 7) is 7.36. The Morgan fingerprint density at radius 3 is 2.76 bits per heavy atom. The molecule has 1 unspecified atom stereocenters. The van der Waals surface area contributed by atoms with E-state index in [2.05, 4.69) is 10.4 Å². The Morgan fingerprint density at radius 2 is 2.19 bits per heavy atom. The number of amides is 1. The molecule has 0 radical (unpaired) electrons. The number of carbonyl (C=O) groups excluding carboxylic acids is 1. The largest absolute Gasteiger partial charge is 0.463 e. The third kappa shape index (κ3) is 3.33. The van der Waals surface area contributed by atoms with Gasteiger partial charge in [-0.05, 0) is 45.9 Å². The second kappa shape index (κ2) is 5.73. The second-order valence-corrected chi connectivity index (χ2v) is 5.62. The summed E-state index contributed by atoms with van der Waals surface area (Å²) in [6, 6.07) is 5.23. The first-order valence-corrected chi connectivity index (χ1v) is 6.92. The van der Waals surface area contributed by atoms with E-state index in [0.717, 1.165) is 5.76 Å². The van der Waals surface area contributed by atoms with Crippen LogP contribution in [-0.2, 0) is 5.60 Å². The topological polar surface area (TPSA) is 80.3 Å². The van der Waals surface area contributed by atoms with Crippen LogP contribution < -0.4 is 5.32 Å². The number of nitrogens with zero attached hydrogens (tertiary/aromatic N) is 2. The van der Waals surface area contributed by atoms with Gasteiger partial charge in [0.1, 0.15) is 22.8 Å². The lowest BCUT2D eigenvalue weighted by molar-refractivity contribution is 0.0321. The molecule has 114 valence electrons. The number of aliphatic hydroxyl groups is 1. The van der Waals surface area contributed by atoms with Gasteiger partial charge in [-0.1, -0.05) is 0 Å². The number of hydrogen-bond acceptors (Lipinski definition) is 4. The first-order valence-electron chi connectivity index (χ1n) is 6.92. The van der Waals surface area contributed by atoms with Crippen LogP contribution in [0.15, 0.2) is 28.8 Å². The van der Waals surface area contributed by atoms with E-state index in [0.29, 0.717) is 11.5 Å². The van der Waals surface area contributed by atoms with Crippen LogP contribution in [-0.4, -0.2) is 27.3 Å². The molecule has 0 aliphatic heterocycles. The zero-order valence-corrected chi connectivity index (χ0v) is 12.8. The summed E-state index contributed by atoms with van der Waals surface area (Å²) in [5, 5.41) is 17.2. The van der Waals surface area contributed by atoms with Gasteiger partial charge in [0, 0.05) is 12.2 Å². The molecular weight excluding hydrogens is 270 g/mol. The molecule has 1 amide bonds. The van der Waals surface area contributed by atoms with Crippen LogP contribution in [0, 0.1) is 6.92 Å². The third-order valence-electron chi connectivity index (χ3n) is 3.26. The molecular formula is C15H21N3O3. The highest BCUT2D eigenvalue weighted by atomic mass is 16.4. The number of furan rings is 1. The molecule has 2 rings (SSSR count). The first-order chi connectivity index (χ1) is 9.81. The average molecular weight is 291 g/mol. The molecule has 0 saturated heterocycles. The van der Waals surface area contributed by atoms with E-state index in [4.69, 9.17) is 4.42 Å². The highest BCUT2D eigenvalue weighted by molar-refractivity contribution is 5.92. The van der Waals surface area contributed by atoms with Crippen molar-refractivity contribution in [1.82, 2.24) is 15.1 Å². The summed E-state index contributed by atoms with van der Waals surface area (Å²) < 4.78 is 7.05. The Morgan fingerprint density at radius 1 is 1.48 bits per heavy atom. The van der Waals surface area contributed by atoms with Crippen LogP contribution >= 0.6 is 0 Å². The average Bonchev–Trinajstić information content (AvgIpc) is 3.04. The smallest absolute Gasteiger partial charge is 0.269 e. The van der Waals surface area contributed by atoms with Crippen LogP contribution in [0.4, 0.5) is 0 Å². The summed E-state index contributed by atoms with van der Waals surface area (Å²) in [5.41, 5.74) is -0.788. The van der Waals surface area contributed by atoms with Crippen LogP contribution in [0.25, 0.3) is 0 Å². The van der Waals surface area contributed by atoms with Crippen molar-refractivity contribution in [2.75, 3.05) is 6.54 Å². The maximum Gasteiger partial charge on any atom is 0.269 e. The lowest BCUT2D eigenvalue weighted by Gasteiger charge is -2.21. The van der Waals surface area contributed by atoms with Crippen molar-refractivity contribution in [3.8, 4) is 0 Å². The summed E-state index contributed by atoms with van der Waals surface area (Å²) in [5.74, 6) is 0.872. The Kier molecular flexibility index (Phi) is 4.18. The van der Waals surface area contributed by atoms with Gasteiger partial charge in [-0.25, -0.2) is 0 Å². The van der Waals surface area contributed by atoms with Crippen LogP contribution in [0.1, 0.15) is 48.8 Å². The lowest BCUT2D eigenvalue weighted by atomic mass is 10.0. The summed E-state index contributed by atoms with van der Waals surface area (Å²) in [4.78, 5) is 12.2. The first kappa shape index (κ1) is 15.3. The van der Waals surface area contributed by atoms with E-state index >= 15 is 0 Å². The normalized spacial score (nSPS) is 14.2. The molecule has 6 nitrogen and oxygen atoms in total. The van der Waals surface area contributed by atoms with E-state index in [1.165, 1.54) is 0 Å². The Hall–Kier alpha value is -2.08. The van der Waals surface area contributed by atoms with Crippen molar-refractivity contribution < 1.29 is 14.3 Å². The number of rotatable bonds is 5. The monoisotopic (exact) mass is 291 g/mol. The minimum atomic E-state index is -1.26. The van der Waals surface area contributed by atoms with Crippen molar-refractivity contribution in [2.24, 2.45) is 0 Å². The van der Waals surface area contributed by atoms with Gasteiger partial charge in [0.2, 0.25) is 0 Å². The molecule has 0 bridgehead atoms. The highest BCUT2D eigenvalue weighted by Gasteiger charge is 2.28. The standard InChI is InChI=1S/C15H21N3O3/c1-10(2)18-12(7-8-17-18)14(19)16-9-15(4,20)13-6-5-11(3)21-13/h5-8,10,20H,9H2,1-4H3,(H,16,19). The minimum Gasteiger partial charge on any atom is -0.463 e. The van der Waals surface area contributed by atoms with Gasteiger partial charge in [0.05, 0.1) is 6.54 Å². The Labute approximate surface area is 123 Å². The molecule has 0 spiro atoms. The van der Waals surface area contributed by atoms with Gasteiger partial charge in [0.15, 0.2) is 0 Å². The Balaban J connectivity index is 2.05. The molecule has 21 heavy (non-hydrogen) atoms. The number of aromatic nitrogens is 2. The van der Waals surface area contributed by atoms with Gasteiger partial charge < -0.3 is 14.8 Å². The molecule has 6 heteroatoms. The van der Waals surface area contributed by atoms with Crippen LogP contribution in [0.3, 0.4) is 0 Å². The molecule has 2 N–H and O–H groups in total. The van der Waals surface area contributed by atoms with Crippen molar-refractivity contribution in [3.05, 3.63) is 41.6 Å². The Bertz CT molecular complexity index is 626. The number of aryl methyl sites for hydroxylation is 1. The van der Waals surface area contributed by atoms with Crippen molar-refractivity contribution >= 4 is 5.91 Å². The van der Waals surface area contributed by atoms with Gasteiger partial charge >= 0.3 is 0 Å². The zero-order chi connectivity index (χ0) is 15.6. The van der Waals surface area contributed by atoms with Gasteiger partial charge in [-0.3, -0.25) is 9.48 Å². The quantitative estimate of drug-likeness (QED) is 0.883. The van der Waals surface area contributed by atoms with E-state index in [9.17, 15) is 9.90 Å². The maximum atomic E-state index is 12.2. The molecule has 0 aliphatic rings. The van der Waals surface area contributed by atoms with Crippen molar-refractivity contribution in [1.29, 1.82) is 0 Å². The predicted molar refractivity (Wildman–Crippen MR) is 78.0 cm³/mol. The summed E-state index contributed by atoms with van der Waals surface area (Å²) in [6.07, 6.45) is 1.59. The second-order valence-electron chi connectivity index (χ2n) is 5.62. The number of carbonyl (C=O) groups is 1. The van der Waals surface area contributed by atoms with E-state index in [1.807, 2.05) is 13.8 Å². The van der Waals surface area contributed by atoms with Gasteiger partial charge in [-0.2, -0.15) is 5.10 Å². The molecule has 0 aromatic carbocycles. The van der Waals surface area contributed by atoms with Crippen molar-refractivity contribution in [3.63, 3.8) is 0 Å². The molecule has 0 aliphatic carbocycles.